The molecule has 0 saturated carbocycles. The summed E-state index contributed by atoms with van der Waals surface area (Å²) in [5.41, 5.74) is 2.10. The van der Waals surface area contributed by atoms with Gasteiger partial charge in [0.1, 0.15) is 12.1 Å². The summed E-state index contributed by atoms with van der Waals surface area (Å²) in [6.07, 6.45) is 0.457. The van der Waals surface area contributed by atoms with Crippen molar-refractivity contribution in [3.63, 3.8) is 0 Å². The number of carbonyl (C=O) groups is 2. The second-order valence-electron chi connectivity index (χ2n) is 7.40. The molecule has 7 heteroatoms. The summed E-state index contributed by atoms with van der Waals surface area (Å²) in [5.74, 6) is 0.540. The predicted molar refractivity (Wildman–Crippen MR) is 118 cm³/mol. The maximum Gasteiger partial charge on any atom is 0.442 e. The summed E-state index contributed by atoms with van der Waals surface area (Å²) in [7, 11) is 0. The highest BCUT2D eigenvalue weighted by atomic mass is 35.5. The van der Waals surface area contributed by atoms with Gasteiger partial charge >= 0.3 is 11.9 Å². The molecule has 1 heterocycles. The monoisotopic (exact) mass is 451 g/mol. The number of imide groups is 1. The number of anilines is 1. The van der Waals surface area contributed by atoms with Gasteiger partial charge in [0, 0.05) is 17.9 Å². The van der Waals surface area contributed by atoms with Crippen molar-refractivity contribution in [2.45, 2.75) is 12.8 Å². The lowest BCUT2D eigenvalue weighted by atomic mass is 10.1. The Kier molecular flexibility index (Phi) is 6.04. The van der Waals surface area contributed by atoms with Crippen LogP contribution in [0.5, 0.6) is 0 Å². The number of hydrogen-bond donors (Lipinski definition) is 1. The average molecular weight is 452 g/mol. The Hall–Kier alpha value is -3.53. The standard InChI is InChI=1S/C25H17ClF2N2O2/c26-19-10-7-17(8-11-19)4-3-14-30(15-13-18-9-12-21(27)22(28)16-18)24(31)20-5-1-2-6-23(20)29-25(30)32/h1-2,5-12,16H,4,13,15H2/p+1. The number of nitrogens with zero attached hydrogens (tertiary/aromatic N) is 1. The van der Waals surface area contributed by atoms with Gasteiger partial charge in [-0.25, -0.2) is 18.4 Å². The first-order valence-electron chi connectivity index (χ1n) is 9.91. The molecule has 0 fully saturated rings. The van der Waals surface area contributed by atoms with Crippen LogP contribution in [0.15, 0.2) is 66.7 Å². The molecule has 0 aromatic heterocycles. The summed E-state index contributed by atoms with van der Waals surface area (Å²) in [5, 5.41) is 3.35. The van der Waals surface area contributed by atoms with Gasteiger partial charge in [-0.1, -0.05) is 46.4 Å². The van der Waals surface area contributed by atoms with Crippen LogP contribution in [0.25, 0.3) is 0 Å². The van der Waals surface area contributed by atoms with Crippen molar-refractivity contribution in [1.82, 2.24) is 0 Å². The number of halogens is 3. The van der Waals surface area contributed by atoms with Gasteiger partial charge < -0.3 is 0 Å². The molecule has 1 atom stereocenters. The summed E-state index contributed by atoms with van der Waals surface area (Å²) < 4.78 is 26.1. The van der Waals surface area contributed by atoms with E-state index in [2.05, 4.69) is 17.3 Å². The molecule has 1 N–H and O–H groups in total. The SMILES string of the molecule is O=C1Nc2ccccc2C(=O)[N+]1(C#CCc1ccc(Cl)cc1)CCc1ccc(F)c(F)c1. The summed E-state index contributed by atoms with van der Waals surface area (Å²) in [4.78, 5) is 26.5. The van der Waals surface area contributed by atoms with Gasteiger partial charge in [0.05, 0.1) is 5.69 Å². The smallest absolute Gasteiger partial charge is 0.273 e. The Bertz CT molecular complexity index is 1260. The van der Waals surface area contributed by atoms with Crippen molar-refractivity contribution in [3.8, 4) is 12.0 Å². The number of amides is 3. The number of hydrogen-bond acceptors (Lipinski definition) is 2. The highest BCUT2D eigenvalue weighted by molar-refractivity contribution is 6.30. The summed E-state index contributed by atoms with van der Waals surface area (Å²) >= 11 is 5.91. The van der Waals surface area contributed by atoms with Crippen LogP contribution in [0, 0.1) is 23.6 Å². The van der Waals surface area contributed by atoms with E-state index in [4.69, 9.17) is 11.6 Å². The molecule has 4 nitrogen and oxygen atoms in total. The normalized spacial score (nSPS) is 17.2. The van der Waals surface area contributed by atoms with Crippen LogP contribution >= 0.6 is 11.6 Å². The van der Waals surface area contributed by atoms with Gasteiger partial charge in [-0.05, 0) is 53.4 Å². The first-order valence-corrected chi connectivity index (χ1v) is 10.3. The molecule has 0 spiro atoms. The van der Waals surface area contributed by atoms with Crippen molar-refractivity contribution < 1.29 is 22.9 Å². The Morgan fingerprint density at radius 2 is 1.62 bits per heavy atom. The maximum atomic E-state index is 13.6. The van der Waals surface area contributed by atoms with Crippen LogP contribution in [0.1, 0.15) is 21.5 Å². The average Bonchev–Trinajstić information content (AvgIpc) is 2.79. The van der Waals surface area contributed by atoms with Gasteiger partial charge in [0.2, 0.25) is 0 Å². The Labute approximate surface area is 189 Å². The van der Waals surface area contributed by atoms with Crippen LogP contribution in [-0.2, 0) is 12.8 Å². The third kappa shape index (κ3) is 4.26. The largest absolute Gasteiger partial charge is 0.442 e. The zero-order chi connectivity index (χ0) is 22.7. The van der Waals surface area contributed by atoms with E-state index in [9.17, 15) is 18.4 Å². The lowest BCUT2D eigenvalue weighted by Gasteiger charge is -2.30. The van der Waals surface area contributed by atoms with Gasteiger partial charge in [0.15, 0.2) is 17.7 Å². The molecule has 0 saturated heterocycles. The number of benzene rings is 3. The molecule has 3 aromatic carbocycles. The van der Waals surface area contributed by atoms with Crippen LogP contribution in [0.3, 0.4) is 0 Å². The number of nitrogens with one attached hydrogen (secondary N) is 1. The predicted octanol–water partition coefficient (Wildman–Crippen LogP) is 5.57. The van der Waals surface area contributed by atoms with E-state index >= 15 is 0 Å². The van der Waals surface area contributed by atoms with E-state index < -0.39 is 28.1 Å². The Balaban J connectivity index is 1.68. The van der Waals surface area contributed by atoms with Gasteiger partial charge in [-0.15, -0.1) is 0 Å². The van der Waals surface area contributed by atoms with Crippen LogP contribution in [0.4, 0.5) is 19.3 Å². The van der Waals surface area contributed by atoms with Crippen molar-refractivity contribution in [2.75, 3.05) is 11.9 Å². The fourth-order valence-corrected chi connectivity index (χ4v) is 3.64. The minimum absolute atomic E-state index is 0.0301. The molecule has 0 bridgehead atoms. The molecule has 4 rings (SSSR count). The highest BCUT2D eigenvalue weighted by Gasteiger charge is 2.49. The molecule has 3 aromatic rings. The molecule has 160 valence electrons. The fraction of sp³-hybridized carbons (Fsp3) is 0.120. The number of urea groups is 1. The van der Waals surface area contributed by atoms with Crippen molar-refractivity contribution in [3.05, 3.63) is 100 Å². The van der Waals surface area contributed by atoms with E-state index in [1.807, 2.05) is 12.1 Å². The van der Waals surface area contributed by atoms with E-state index in [0.29, 0.717) is 28.3 Å². The van der Waals surface area contributed by atoms with Crippen LogP contribution in [0.2, 0.25) is 5.02 Å². The Morgan fingerprint density at radius 3 is 2.38 bits per heavy atom. The molecule has 0 radical (unpaired) electrons. The Morgan fingerprint density at radius 1 is 0.906 bits per heavy atom. The second kappa shape index (κ2) is 8.91. The number of carbonyl (C=O) groups excluding carboxylic acids is 2. The zero-order valence-corrected chi connectivity index (χ0v) is 17.6. The number of fused-ring (bicyclic) bond motifs is 1. The van der Waals surface area contributed by atoms with Gasteiger partial charge in [-0.3, -0.25) is 5.32 Å². The first-order chi connectivity index (χ1) is 15.4. The molecule has 0 aliphatic carbocycles. The lowest BCUT2D eigenvalue weighted by Crippen LogP contribution is -2.59. The van der Waals surface area contributed by atoms with E-state index in [1.54, 1.807) is 36.4 Å². The van der Waals surface area contributed by atoms with E-state index in [1.165, 1.54) is 6.07 Å². The number of para-hydroxylation sites is 1. The minimum atomic E-state index is -0.984. The van der Waals surface area contributed by atoms with E-state index in [0.717, 1.165) is 17.7 Å². The third-order valence-corrected chi connectivity index (χ3v) is 5.54. The quantitative estimate of drug-likeness (QED) is 0.416. The van der Waals surface area contributed by atoms with E-state index in [-0.39, 0.29) is 13.0 Å². The lowest BCUT2D eigenvalue weighted by molar-refractivity contribution is -0.691. The van der Waals surface area contributed by atoms with Crippen LogP contribution in [-0.4, -0.2) is 23.0 Å². The van der Waals surface area contributed by atoms with Crippen LogP contribution < -0.4 is 5.32 Å². The molecular weight excluding hydrogens is 434 g/mol. The molecule has 1 aliphatic rings. The van der Waals surface area contributed by atoms with Crippen molar-refractivity contribution in [2.24, 2.45) is 0 Å². The molecule has 3 amide bonds. The minimum Gasteiger partial charge on any atom is -0.273 e. The fourth-order valence-electron chi connectivity index (χ4n) is 3.52. The summed E-state index contributed by atoms with van der Waals surface area (Å²) in [6.45, 7) is -0.0301. The molecule has 32 heavy (non-hydrogen) atoms. The van der Waals surface area contributed by atoms with Crippen molar-refractivity contribution >= 4 is 29.2 Å². The van der Waals surface area contributed by atoms with Gasteiger partial charge in [0.25, 0.3) is 0 Å². The van der Waals surface area contributed by atoms with Gasteiger partial charge in [-0.2, -0.15) is 0 Å². The molecular formula is C25H18ClF2N2O2+. The zero-order valence-electron chi connectivity index (χ0n) is 16.9. The maximum absolute atomic E-state index is 13.6. The topological polar surface area (TPSA) is 46.2 Å². The molecule has 1 aliphatic heterocycles. The highest BCUT2D eigenvalue weighted by Crippen LogP contribution is 2.29. The molecule has 1 unspecified atom stereocenters. The third-order valence-electron chi connectivity index (χ3n) is 5.29. The summed E-state index contributed by atoms with van der Waals surface area (Å²) in [6, 6.07) is 19.6. The first kappa shape index (κ1) is 21.7. The number of quaternary nitrogens is 1. The number of rotatable bonds is 4. The van der Waals surface area contributed by atoms with Crippen molar-refractivity contribution in [1.29, 1.82) is 0 Å². The second-order valence-corrected chi connectivity index (χ2v) is 7.84.